The molecule has 2 rings (SSSR count). The van der Waals surface area contributed by atoms with Gasteiger partial charge in [0.05, 0.1) is 6.54 Å². The lowest BCUT2D eigenvalue weighted by Gasteiger charge is -2.38. The van der Waals surface area contributed by atoms with Crippen LogP contribution in [0.25, 0.3) is 0 Å². The first-order valence-electron chi connectivity index (χ1n) is 7.97. The van der Waals surface area contributed by atoms with Gasteiger partial charge in [0.2, 0.25) is 0 Å². The molecule has 0 bridgehead atoms. The maximum Gasteiger partial charge on any atom is 0.0598 e. The standard InChI is InChI=1S/C19H28N2/c1-5-13-21-14-11-17(12-15-21)20-18(19(2,3)4)16-9-7-6-8-10-16/h1,6-10,17-18,20H,11-15H2,2-4H3. The molecular weight excluding hydrogens is 256 g/mol. The third-order valence-corrected chi connectivity index (χ3v) is 4.30. The van der Waals surface area contributed by atoms with Crippen LogP contribution in [0.15, 0.2) is 30.3 Å². The van der Waals surface area contributed by atoms with Gasteiger partial charge in [-0.25, -0.2) is 0 Å². The van der Waals surface area contributed by atoms with Crippen molar-refractivity contribution in [3.05, 3.63) is 35.9 Å². The summed E-state index contributed by atoms with van der Waals surface area (Å²) in [5, 5.41) is 3.90. The second-order valence-electron chi connectivity index (χ2n) is 7.13. The van der Waals surface area contributed by atoms with Crippen LogP contribution in [0.3, 0.4) is 0 Å². The van der Waals surface area contributed by atoms with Crippen molar-refractivity contribution >= 4 is 0 Å². The normalized spacial score (nSPS) is 19.1. The Labute approximate surface area is 129 Å². The monoisotopic (exact) mass is 284 g/mol. The van der Waals surface area contributed by atoms with Crippen LogP contribution >= 0.6 is 0 Å². The molecule has 1 heterocycles. The summed E-state index contributed by atoms with van der Waals surface area (Å²) in [5.74, 6) is 2.75. The average Bonchev–Trinajstić information content (AvgIpc) is 2.46. The number of piperidine rings is 1. The Morgan fingerprint density at radius 2 is 1.86 bits per heavy atom. The molecule has 1 atom stereocenters. The Hall–Kier alpha value is -1.30. The van der Waals surface area contributed by atoms with Crippen LogP contribution in [-0.2, 0) is 0 Å². The summed E-state index contributed by atoms with van der Waals surface area (Å²) < 4.78 is 0. The first-order valence-corrected chi connectivity index (χ1v) is 7.97. The number of terminal acetylenes is 1. The number of rotatable bonds is 4. The van der Waals surface area contributed by atoms with E-state index >= 15 is 0 Å². The first-order chi connectivity index (χ1) is 10.0. The van der Waals surface area contributed by atoms with Crippen molar-refractivity contribution in [3.63, 3.8) is 0 Å². The Morgan fingerprint density at radius 1 is 1.24 bits per heavy atom. The smallest absolute Gasteiger partial charge is 0.0598 e. The molecule has 2 nitrogen and oxygen atoms in total. The zero-order valence-electron chi connectivity index (χ0n) is 13.6. The van der Waals surface area contributed by atoms with Crippen LogP contribution in [0.2, 0.25) is 0 Å². The Balaban J connectivity index is 2.00. The van der Waals surface area contributed by atoms with E-state index in [9.17, 15) is 0 Å². The number of benzene rings is 1. The Morgan fingerprint density at radius 3 is 2.38 bits per heavy atom. The lowest BCUT2D eigenvalue weighted by Crippen LogP contribution is -2.46. The first kappa shape index (κ1) is 16.1. The van der Waals surface area contributed by atoms with E-state index in [1.165, 1.54) is 18.4 Å². The molecule has 0 spiro atoms. The Bertz CT molecular complexity index is 459. The number of hydrogen-bond acceptors (Lipinski definition) is 2. The minimum absolute atomic E-state index is 0.206. The molecule has 1 unspecified atom stereocenters. The van der Waals surface area contributed by atoms with Crippen molar-refractivity contribution in [2.45, 2.75) is 45.7 Å². The predicted octanol–water partition coefficient (Wildman–Crippen LogP) is 3.46. The van der Waals surface area contributed by atoms with Crippen LogP contribution in [0.1, 0.15) is 45.2 Å². The number of hydrogen-bond donors (Lipinski definition) is 1. The predicted molar refractivity (Wildman–Crippen MR) is 90.1 cm³/mol. The third-order valence-electron chi connectivity index (χ3n) is 4.30. The van der Waals surface area contributed by atoms with E-state index in [0.717, 1.165) is 19.6 Å². The van der Waals surface area contributed by atoms with Gasteiger partial charge >= 0.3 is 0 Å². The highest BCUT2D eigenvalue weighted by Crippen LogP contribution is 2.33. The maximum absolute atomic E-state index is 5.40. The lowest BCUT2D eigenvalue weighted by atomic mass is 9.81. The van der Waals surface area contributed by atoms with E-state index in [2.05, 4.69) is 67.2 Å². The molecule has 1 N–H and O–H groups in total. The summed E-state index contributed by atoms with van der Waals surface area (Å²) in [6, 6.07) is 11.8. The molecule has 1 aliphatic heterocycles. The molecule has 0 aromatic heterocycles. The molecular formula is C19H28N2. The Kier molecular flexibility index (Phi) is 5.45. The van der Waals surface area contributed by atoms with E-state index < -0.39 is 0 Å². The van der Waals surface area contributed by atoms with E-state index in [1.807, 2.05) is 0 Å². The van der Waals surface area contributed by atoms with Gasteiger partial charge in [-0.2, -0.15) is 0 Å². The van der Waals surface area contributed by atoms with Crippen LogP contribution < -0.4 is 5.32 Å². The van der Waals surface area contributed by atoms with Gasteiger partial charge in [-0.3, -0.25) is 4.90 Å². The molecule has 1 saturated heterocycles. The fraction of sp³-hybridized carbons (Fsp3) is 0.579. The lowest BCUT2D eigenvalue weighted by molar-refractivity contribution is 0.178. The van der Waals surface area contributed by atoms with Gasteiger partial charge in [0.25, 0.3) is 0 Å². The van der Waals surface area contributed by atoms with Crippen LogP contribution in [0.5, 0.6) is 0 Å². The summed E-state index contributed by atoms with van der Waals surface area (Å²) in [5.41, 5.74) is 1.59. The van der Waals surface area contributed by atoms with Gasteiger partial charge in [-0.05, 0) is 23.8 Å². The fourth-order valence-electron chi connectivity index (χ4n) is 3.11. The summed E-state index contributed by atoms with van der Waals surface area (Å²) in [7, 11) is 0. The van der Waals surface area contributed by atoms with Crippen molar-refractivity contribution < 1.29 is 0 Å². The van der Waals surface area contributed by atoms with Crippen molar-refractivity contribution in [2.75, 3.05) is 19.6 Å². The molecule has 2 heteroatoms. The maximum atomic E-state index is 5.40. The quantitative estimate of drug-likeness (QED) is 0.852. The largest absolute Gasteiger partial charge is 0.307 e. The molecule has 21 heavy (non-hydrogen) atoms. The third kappa shape index (κ3) is 4.59. The zero-order chi connectivity index (χ0) is 15.3. The van der Waals surface area contributed by atoms with Crippen LogP contribution in [-0.4, -0.2) is 30.6 Å². The van der Waals surface area contributed by atoms with E-state index in [4.69, 9.17) is 6.42 Å². The van der Waals surface area contributed by atoms with Crippen LogP contribution in [0.4, 0.5) is 0 Å². The average molecular weight is 284 g/mol. The number of nitrogens with zero attached hydrogens (tertiary/aromatic N) is 1. The van der Waals surface area contributed by atoms with Gasteiger partial charge in [-0.15, -0.1) is 6.42 Å². The minimum Gasteiger partial charge on any atom is -0.307 e. The molecule has 1 fully saturated rings. The molecule has 0 amide bonds. The van der Waals surface area contributed by atoms with Gasteiger partial charge in [0.1, 0.15) is 0 Å². The highest BCUT2D eigenvalue weighted by atomic mass is 15.1. The molecule has 1 aromatic rings. The summed E-state index contributed by atoms with van der Waals surface area (Å²) in [6.45, 7) is 9.93. The zero-order valence-corrected chi connectivity index (χ0v) is 13.6. The van der Waals surface area contributed by atoms with E-state index in [0.29, 0.717) is 12.1 Å². The van der Waals surface area contributed by atoms with Crippen LogP contribution in [0, 0.1) is 17.8 Å². The van der Waals surface area contributed by atoms with Crippen molar-refractivity contribution in [2.24, 2.45) is 5.41 Å². The minimum atomic E-state index is 0.206. The van der Waals surface area contributed by atoms with Gasteiger partial charge < -0.3 is 5.32 Å². The fourth-order valence-corrected chi connectivity index (χ4v) is 3.11. The van der Waals surface area contributed by atoms with E-state index in [1.54, 1.807) is 0 Å². The highest BCUT2D eigenvalue weighted by molar-refractivity contribution is 5.21. The molecule has 1 aliphatic rings. The molecule has 114 valence electrons. The summed E-state index contributed by atoms with van der Waals surface area (Å²) in [4.78, 5) is 2.37. The van der Waals surface area contributed by atoms with Gasteiger partial charge in [0, 0.05) is 25.2 Å². The van der Waals surface area contributed by atoms with Crippen molar-refractivity contribution in [3.8, 4) is 12.3 Å². The van der Waals surface area contributed by atoms with Gasteiger partial charge in [0.15, 0.2) is 0 Å². The van der Waals surface area contributed by atoms with Crippen molar-refractivity contribution in [1.29, 1.82) is 0 Å². The molecule has 0 radical (unpaired) electrons. The molecule has 0 saturated carbocycles. The van der Waals surface area contributed by atoms with Crippen molar-refractivity contribution in [1.82, 2.24) is 10.2 Å². The van der Waals surface area contributed by atoms with Gasteiger partial charge in [-0.1, -0.05) is 57.0 Å². The molecule has 0 aliphatic carbocycles. The molecule has 1 aromatic carbocycles. The summed E-state index contributed by atoms with van der Waals surface area (Å²) in [6.07, 6.45) is 7.76. The number of nitrogens with one attached hydrogen (secondary N) is 1. The highest BCUT2D eigenvalue weighted by Gasteiger charge is 2.29. The SMILES string of the molecule is C#CCN1CCC(NC(c2ccccc2)C(C)(C)C)CC1. The number of likely N-dealkylation sites (tertiary alicyclic amines) is 1. The second-order valence-corrected chi connectivity index (χ2v) is 7.13. The topological polar surface area (TPSA) is 15.3 Å². The second kappa shape index (κ2) is 7.11. The van der Waals surface area contributed by atoms with E-state index in [-0.39, 0.29) is 5.41 Å². The summed E-state index contributed by atoms with van der Waals surface area (Å²) >= 11 is 0.